The average Bonchev–Trinajstić information content (AvgIpc) is 3.05. The molecule has 0 aromatic heterocycles. The van der Waals surface area contributed by atoms with Crippen molar-refractivity contribution in [2.24, 2.45) is 0 Å². The first-order valence-corrected chi connectivity index (χ1v) is 9.80. The summed E-state index contributed by atoms with van der Waals surface area (Å²) in [4.78, 5) is 10.0. The number of piperidine rings is 1. The zero-order valence-corrected chi connectivity index (χ0v) is 15.7. The SMILES string of the molecule is O=C(O)C(F)(F)F.[O-][S+](c1cccc(F)c1)c1ccc2c(c1)OC1CNCCC21. The Kier molecular flexibility index (Phi) is 6.35. The smallest absolute Gasteiger partial charge is 0.490 e. The molecule has 5 nitrogen and oxygen atoms in total. The first-order valence-electron chi connectivity index (χ1n) is 8.65. The van der Waals surface area contributed by atoms with E-state index in [4.69, 9.17) is 14.6 Å². The molecular weight excluding hydrogens is 414 g/mol. The number of alkyl halides is 3. The van der Waals surface area contributed by atoms with E-state index < -0.39 is 23.3 Å². The lowest BCUT2D eigenvalue weighted by Gasteiger charge is -2.24. The number of carbonyl (C=O) groups is 1. The molecule has 0 aliphatic carbocycles. The average molecular weight is 431 g/mol. The summed E-state index contributed by atoms with van der Waals surface area (Å²) in [5, 5.41) is 10.5. The number of benzene rings is 2. The monoisotopic (exact) mass is 431 g/mol. The molecule has 2 heterocycles. The summed E-state index contributed by atoms with van der Waals surface area (Å²) in [5.74, 6) is -1.89. The molecule has 2 aromatic rings. The molecule has 10 heteroatoms. The Morgan fingerprint density at radius 1 is 1.21 bits per heavy atom. The van der Waals surface area contributed by atoms with Crippen LogP contribution in [0.4, 0.5) is 17.6 Å². The van der Waals surface area contributed by atoms with Crippen molar-refractivity contribution in [1.82, 2.24) is 5.32 Å². The van der Waals surface area contributed by atoms with Gasteiger partial charge in [-0.3, -0.25) is 0 Å². The zero-order valence-electron chi connectivity index (χ0n) is 14.9. The number of aliphatic carboxylic acids is 1. The number of ether oxygens (including phenoxy) is 1. The molecule has 3 unspecified atom stereocenters. The second-order valence-electron chi connectivity index (χ2n) is 6.48. The van der Waals surface area contributed by atoms with Gasteiger partial charge in [0, 0.05) is 41.3 Å². The van der Waals surface area contributed by atoms with E-state index in [-0.39, 0.29) is 11.9 Å². The summed E-state index contributed by atoms with van der Waals surface area (Å²) in [5.41, 5.74) is 1.20. The fourth-order valence-corrected chi connectivity index (χ4v) is 4.33. The molecule has 2 aliphatic heterocycles. The van der Waals surface area contributed by atoms with E-state index in [9.17, 15) is 22.1 Å². The number of carboxylic acid groups (broad SMARTS) is 1. The van der Waals surface area contributed by atoms with Gasteiger partial charge in [0.2, 0.25) is 0 Å². The summed E-state index contributed by atoms with van der Waals surface area (Å²) in [6.45, 7) is 1.85. The second kappa shape index (κ2) is 8.60. The molecular formula is C19H17F4NO4S. The van der Waals surface area contributed by atoms with Crippen LogP contribution in [-0.2, 0) is 16.0 Å². The van der Waals surface area contributed by atoms with Gasteiger partial charge in [-0.05, 0) is 37.2 Å². The molecule has 156 valence electrons. The van der Waals surface area contributed by atoms with Crippen LogP contribution >= 0.6 is 0 Å². The van der Waals surface area contributed by atoms with Crippen LogP contribution in [0.15, 0.2) is 52.3 Å². The van der Waals surface area contributed by atoms with Gasteiger partial charge in [0.05, 0.1) is 0 Å². The highest BCUT2D eigenvalue weighted by Gasteiger charge is 2.38. The van der Waals surface area contributed by atoms with Crippen LogP contribution in [0, 0.1) is 5.82 Å². The highest BCUT2D eigenvalue weighted by atomic mass is 32.2. The van der Waals surface area contributed by atoms with E-state index in [0.29, 0.717) is 15.7 Å². The molecule has 0 saturated carbocycles. The second-order valence-corrected chi connectivity index (χ2v) is 7.96. The summed E-state index contributed by atoms with van der Waals surface area (Å²) in [6, 6.07) is 11.6. The van der Waals surface area contributed by atoms with E-state index in [1.165, 1.54) is 17.7 Å². The third-order valence-electron chi connectivity index (χ3n) is 4.56. The summed E-state index contributed by atoms with van der Waals surface area (Å²) in [7, 11) is 0. The Bertz CT molecular complexity index is 893. The Labute approximate surface area is 166 Å². The van der Waals surface area contributed by atoms with E-state index in [1.54, 1.807) is 12.1 Å². The molecule has 29 heavy (non-hydrogen) atoms. The third kappa shape index (κ3) is 5.01. The predicted octanol–water partition coefficient (Wildman–Crippen LogP) is 3.46. The largest absolute Gasteiger partial charge is 0.606 e. The molecule has 1 saturated heterocycles. The number of rotatable bonds is 2. The number of halogens is 4. The van der Waals surface area contributed by atoms with Crippen molar-refractivity contribution in [2.75, 3.05) is 13.1 Å². The molecule has 2 aromatic carbocycles. The van der Waals surface area contributed by atoms with E-state index in [0.717, 1.165) is 25.3 Å². The van der Waals surface area contributed by atoms with Crippen LogP contribution in [0.5, 0.6) is 5.75 Å². The van der Waals surface area contributed by atoms with Gasteiger partial charge in [-0.2, -0.15) is 13.2 Å². The van der Waals surface area contributed by atoms with Gasteiger partial charge < -0.3 is 19.7 Å². The number of hydrogen-bond acceptors (Lipinski definition) is 4. The lowest BCUT2D eigenvalue weighted by molar-refractivity contribution is -0.192. The Hall–Kier alpha value is -2.30. The number of fused-ring (bicyclic) bond motifs is 3. The highest BCUT2D eigenvalue weighted by molar-refractivity contribution is 7.91. The normalized spacial score (nSPS) is 21.1. The Morgan fingerprint density at radius 3 is 2.55 bits per heavy atom. The zero-order chi connectivity index (χ0) is 21.2. The van der Waals surface area contributed by atoms with Gasteiger partial charge in [0.15, 0.2) is 9.79 Å². The van der Waals surface area contributed by atoms with Crippen molar-refractivity contribution in [3.05, 3.63) is 53.8 Å². The Balaban J connectivity index is 0.000000298. The topological polar surface area (TPSA) is 81.6 Å². The van der Waals surface area contributed by atoms with Gasteiger partial charge >= 0.3 is 12.1 Å². The molecule has 0 spiro atoms. The first kappa shape index (κ1) is 21.4. The maximum absolute atomic E-state index is 13.3. The van der Waals surface area contributed by atoms with Gasteiger partial charge in [-0.1, -0.05) is 6.07 Å². The maximum atomic E-state index is 13.3. The molecule has 2 N–H and O–H groups in total. The molecule has 4 rings (SSSR count). The van der Waals surface area contributed by atoms with E-state index >= 15 is 0 Å². The quantitative estimate of drug-likeness (QED) is 0.562. The molecule has 2 aliphatic rings. The highest BCUT2D eigenvalue weighted by Crippen LogP contribution is 2.42. The van der Waals surface area contributed by atoms with Crippen molar-refractivity contribution in [3.8, 4) is 5.75 Å². The van der Waals surface area contributed by atoms with Crippen LogP contribution in [0.2, 0.25) is 0 Å². The molecule has 0 bridgehead atoms. The van der Waals surface area contributed by atoms with Crippen molar-refractivity contribution >= 4 is 17.1 Å². The van der Waals surface area contributed by atoms with Crippen LogP contribution < -0.4 is 10.1 Å². The molecule has 1 fully saturated rings. The van der Waals surface area contributed by atoms with Gasteiger partial charge in [0.25, 0.3) is 0 Å². The summed E-state index contributed by atoms with van der Waals surface area (Å²) < 4.78 is 63.6. The minimum Gasteiger partial charge on any atom is -0.606 e. The number of hydrogen-bond donors (Lipinski definition) is 2. The van der Waals surface area contributed by atoms with Crippen LogP contribution in [-0.4, -0.2) is 41.0 Å². The van der Waals surface area contributed by atoms with Crippen molar-refractivity contribution < 1.29 is 36.8 Å². The van der Waals surface area contributed by atoms with Gasteiger partial charge in [-0.15, -0.1) is 0 Å². The number of nitrogens with one attached hydrogen (secondary N) is 1. The van der Waals surface area contributed by atoms with Crippen molar-refractivity contribution in [1.29, 1.82) is 0 Å². The minimum absolute atomic E-state index is 0.168. The number of carboxylic acids is 1. The van der Waals surface area contributed by atoms with Gasteiger partial charge in [-0.25, -0.2) is 9.18 Å². The standard InChI is InChI=1S/C17H16FNO2S.C2HF3O2/c18-11-2-1-3-12(8-11)22(20)13-4-5-14-15-6-7-19-10-17(15)21-16(14)9-13;3-2(4,5)1(6)7/h1-5,8-9,15,17,19H,6-7,10H2;(H,6,7). The van der Waals surface area contributed by atoms with E-state index in [1.807, 2.05) is 18.2 Å². The fourth-order valence-electron chi connectivity index (χ4n) is 3.23. The Morgan fingerprint density at radius 2 is 1.90 bits per heavy atom. The van der Waals surface area contributed by atoms with Gasteiger partial charge in [0.1, 0.15) is 17.7 Å². The van der Waals surface area contributed by atoms with Crippen molar-refractivity contribution in [2.45, 2.75) is 34.4 Å². The third-order valence-corrected chi connectivity index (χ3v) is 5.92. The summed E-state index contributed by atoms with van der Waals surface area (Å²) in [6.07, 6.45) is -3.86. The lowest BCUT2D eigenvalue weighted by atomic mass is 9.90. The minimum atomic E-state index is -5.08. The van der Waals surface area contributed by atoms with E-state index in [2.05, 4.69) is 5.32 Å². The predicted molar refractivity (Wildman–Crippen MR) is 95.9 cm³/mol. The molecule has 0 radical (unpaired) electrons. The maximum Gasteiger partial charge on any atom is 0.490 e. The molecule has 0 amide bonds. The van der Waals surface area contributed by atoms with Crippen molar-refractivity contribution in [3.63, 3.8) is 0 Å². The summed E-state index contributed by atoms with van der Waals surface area (Å²) >= 11 is -1.40. The molecule has 3 atom stereocenters. The first-order chi connectivity index (χ1) is 13.7. The van der Waals surface area contributed by atoms with Crippen LogP contribution in [0.1, 0.15) is 17.9 Å². The fraction of sp³-hybridized carbons (Fsp3) is 0.316. The van der Waals surface area contributed by atoms with Crippen LogP contribution in [0.25, 0.3) is 0 Å². The lowest BCUT2D eigenvalue weighted by Crippen LogP contribution is -2.39. The van der Waals surface area contributed by atoms with Crippen LogP contribution in [0.3, 0.4) is 0 Å².